The summed E-state index contributed by atoms with van der Waals surface area (Å²) in [4.78, 5) is 24.9. The molecule has 0 bridgehead atoms. The fourth-order valence-electron chi connectivity index (χ4n) is 4.08. The van der Waals surface area contributed by atoms with E-state index in [9.17, 15) is 4.79 Å². The summed E-state index contributed by atoms with van der Waals surface area (Å²) in [6.07, 6.45) is 1.78. The number of benzene rings is 2. The van der Waals surface area contributed by atoms with Crippen molar-refractivity contribution in [3.8, 4) is 17.1 Å². The quantitative estimate of drug-likeness (QED) is 0.399. The Hall–Kier alpha value is -3.93. The monoisotopic (exact) mass is 411 g/mol. The number of aromatic nitrogens is 3. The van der Waals surface area contributed by atoms with E-state index in [0.29, 0.717) is 12.3 Å². The number of carbonyl (C=O) groups is 1. The minimum Gasteiger partial charge on any atom is -0.497 e. The summed E-state index contributed by atoms with van der Waals surface area (Å²) >= 11 is 0. The average molecular weight is 411 g/mol. The van der Waals surface area contributed by atoms with Gasteiger partial charge in [0, 0.05) is 27.9 Å². The Morgan fingerprint density at radius 3 is 2.71 bits per heavy atom. The third-order valence-corrected chi connectivity index (χ3v) is 5.58. The summed E-state index contributed by atoms with van der Waals surface area (Å²) in [5, 5.41) is 4.24. The fourth-order valence-corrected chi connectivity index (χ4v) is 4.08. The van der Waals surface area contributed by atoms with Crippen molar-refractivity contribution in [2.24, 2.45) is 0 Å². The average Bonchev–Trinajstić information content (AvgIpc) is 3.17. The molecule has 154 valence electrons. The molecular weight excluding hydrogens is 390 g/mol. The van der Waals surface area contributed by atoms with Crippen molar-refractivity contribution in [1.82, 2.24) is 15.0 Å². The maximum atomic E-state index is 12.2. The topological polar surface area (TPSA) is 77.1 Å². The molecule has 0 aliphatic rings. The standard InChI is InChI=1S/C25H21N3O3/c1-4-31-25(29)22-7-5-6-21(27-22)24-18-13-19-17-12-15(30-3)8-9-20(17)28-23(19)14(2)16(18)10-11-26-24/h5-13,28H,4H2,1-3H3. The third kappa shape index (κ3) is 3.08. The van der Waals surface area contributed by atoms with Crippen molar-refractivity contribution in [3.63, 3.8) is 0 Å². The van der Waals surface area contributed by atoms with Crippen molar-refractivity contribution in [2.45, 2.75) is 13.8 Å². The van der Waals surface area contributed by atoms with Crippen molar-refractivity contribution >= 4 is 38.5 Å². The highest BCUT2D eigenvalue weighted by atomic mass is 16.5. The van der Waals surface area contributed by atoms with Gasteiger partial charge in [-0.2, -0.15) is 0 Å². The van der Waals surface area contributed by atoms with Gasteiger partial charge >= 0.3 is 5.97 Å². The van der Waals surface area contributed by atoms with Crippen molar-refractivity contribution in [3.05, 3.63) is 66.0 Å². The number of ether oxygens (including phenoxy) is 2. The van der Waals surface area contributed by atoms with Crippen LogP contribution in [0.1, 0.15) is 23.0 Å². The highest BCUT2D eigenvalue weighted by Crippen LogP contribution is 2.37. The number of H-pyrrole nitrogens is 1. The number of pyridine rings is 2. The van der Waals surface area contributed by atoms with E-state index in [0.717, 1.165) is 49.6 Å². The van der Waals surface area contributed by atoms with Crippen LogP contribution in [0.3, 0.4) is 0 Å². The van der Waals surface area contributed by atoms with E-state index in [4.69, 9.17) is 9.47 Å². The van der Waals surface area contributed by atoms with Gasteiger partial charge in [0.15, 0.2) is 0 Å². The van der Waals surface area contributed by atoms with Gasteiger partial charge in [0.1, 0.15) is 11.4 Å². The molecule has 0 fully saturated rings. The van der Waals surface area contributed by atoms with Crippen LogP contribution >= 0.6 is 0 Å². The van der Waals surface area contributed by atoms with Gasteiger partial charge in [0.05, 0.1) is 30.6 Å². The number of nitrogens with zero attached hydrogens (tertiary/aromatic N) is 2. The van der Waals surface area contributed by atoms with Crippen LogP contribution in [0, 0.1) is 6.92 Å². The zero-order valence-corrected chi connectivity index (χ0v) is 17.5. The van der Waals surface area contributed by atoms with Gasteiger partial charge in [0.25, 0.3) is 0 Å². The first-order valence-corrected chi connectivity index (χ1v) is 10.1. The minimum absolute atomic E-state index is 0.271. The molecule has 0 aliphatic heterocycles. The molecule has 5 aromatic rings. The predicted octanol–water partition coefficient (Wildman–Crippen LogP) is 5.43. The molecule has 6 heteroatoms. The molecule has 0 saturated heterocycles. The Balaban J connectivity index is 1.78. The minimum atomic E-state index is -0.438. The molecular formula is C25H21N3O3. The van der Waals surface area contributed by atoms with E-state index < -0.39 is 5.97 Å². The van der Waals surface area contributed by atoms with Gasteiger partial charge in [-0.25, -0.2) is 9.78 Å². The predicted molar refractivity (Wildman–Crippen MR) is 122 cm³/mol. The molecule has 0 atom stereocenters. The summed E-state index contributed by atoms with van der Waals surface area (Å²) in [7, 11) is 1.67. The Bertz CT molecular complexity index is 1470. The lowest BCUT2D eigenvalue weighted by Gasteiger charge is -2.10. The summed E-state index contributed by atoms with van der Waals surface area (Å²) < 4.78 is 10.5. The molecule has 1 N–H and O–H groups in total. The number of hydrogen-bond donors (Lipinski definition) is 1. The maximum absolute atomic E-state index is 12.2. The number of aryl methyl sites for hydroxylation is 1. The molecule has 3 aromatic heterocycles. The molecule has 6 nitrogen and oxygen atoms in total. The van der Waals surface area contributed by atoms with E-state index >= 15 is 0 Å². The molecule has 0 saturated carbocycles. The van der Waals surface area contributed by atoms with Crippen LogP contribution in [0.15, 0.2) is 54.7 Å². The molecule has 0 unspecified atom stereocenters. The Labute approximate surface area is 178 Å². The zero-order chi connectivity index (χ0) is 21.5. The summed E-state index contributed by atoms with van der Waals surface area (Å²) in [5.41, 5.74) is 4.89. The lowest BCUT2D eigenvalue weighted by molar-refractivity contribution is 0.0519. The van der Waals surface area contributed by atoms with Gasteiger partial charge in [-0.15, -0.1) is 0 Å². The number of methoxy groups -OCH3 is 1. The second-order valence-corrected chi connectivity index (χ2v) is 7.34. The third-order valence-electron chi connectivity index (χ3n) is 5.58. The second-order valence-electron chi connectivity index (χ2n) is 7.34. The number of aromatic amines is 1. The molecule has 0 radical (unpaired) electrons. The van der Waals surface area contributed by atoms with Gasteiger partial charge in [-0.05, 0) is 67.3 Å². The molecule has 0 amide bonds. The van der Waals surface area contributed by atoms with Crippen LogP contribution in [0.5, 0.6) is 5.75 Å². The lowest BCUT2D eigenvalue weighted by atomic mass is 9.99. The SMILES string of the molecule is CCOC(=O)c1cccc(-c2nccc3c(C)c4[nH]c5ccc(OC)cc5c4cc23)n1. The van der Waals surface area contributed by atoms with E-state index in [-0.39, 0.29) is 5.69 Å². The van der Waals surface area contributed by atoms with Crippen molar-refractivity contribution < 1.29 is 14.3 Å². The van der Waals surface area contributed by atoms with E-state index in [2.05, 4.69) is 27.9 Å². The van der Waals surface area contributed by atoms with Gasteiger partial charge < -0.3 is 14.5 Å². The van der Waals surface area contributed by atoms with Gasteiger partial charge in [-0.3, -0.25) is 4.98 Å². The largest absolute Gasteiger partial charge is 0.497 e. The highest BCUT2D eigenvalue weighted by molar-refractivity contribution is 6.15. The first kappa shape index (κ1) is 19.1. The number of esters is 1. The second kappa shape index (κ2) is 7.40. The van der Waals surface area contributed by atoms with Gasteiger partial charge in [0.2, 0.25) is 0 Å². The van der Waals surface area contributed by atoms with Crippen LogP contribution in [-0.2, 0) is 4.74 Å². The van der Waals surface area contributed by atoms with Crippen molar-refractivity contribution in [2.75, 3.05) is 13.7 Å². The van der Waals surface area contributed by atoms with Crippen LogP contribution in [0.25, 0.3) is 44.0 Å². The lowest BCUT2D eigenvalue weighted by Crippen LogP contribution is -2.07. The van der Waals surface area contributed by atoms with Crippen molar-refractivity contribution in [1.29, 1.82) is 0 Å². The Morgan fingerprint density at radius 2 is 1.90 bits per heavy atom. The van der Waals surface area contributed by atoms with E-state index in [1.807, 2.05) is 30.3 Å². The number of carbonyl (C=O) groups excluding carboxylic acids is 1. The molecule has 0 spiro atoms. The fraction of sp³-hybridized carbons (Fsp3) is 0.160. The Kier molecular flexibility index (Phi) is 4.55. The first-order chi connectivity index (χ1) is 15.1. The van der Waals surface area contributed by atoms with Crippen LogP contribution in [0.4, 0.5) is 0 Å². The number of nitrogens with one attached hydrogen (secondary N) is 1. The number of hydrogen-bond acceptors (Lipinski definition) is 5. The normalized spacial score (nSPS) is 11.3. The molecule has 2 aromatic carbocycles. The van der Waals surface area contributed by atoms with Crippen LogP contribution in [-0.4, -0.2) is 34.6 Å². The molecule has 31 heavy (non-hydrogen) atoms. The number of fused-ring (bicyclic) bond motifs is 4. The summed E-state index contributed by atoms with van der Waals surface area (Å²) in [6, 6.07) is 15.5. The summed E-state index contributed by atoms with van der Waals surface area (Å²) in [5.74, 6) is 0.369. The van der Waals surface area contributed by atoms with Crippen LogP contribution in [0.2, 0.25) is 0 Å². The maximum Gasteiger partial charge on any atom is 0.356 e. The molecule has 3 heterocycles. The van der Waals surface area contributed by atoms with Crippen LogP contribution < -0.4 is 4.74 Å². The van der Waals surface area contributed by atoms with E-state index in [1.165, 1.54) is 0 Å². The molecule has 5 rings (SSSR count). The number of rotatable bonds is 4. The zero-order valence-electron chi connectivity index (χ0n) is 17.5. The first-order valence-electron chi connectivity index (χ1n) is 10.1. The molecule has 0 aliphatic carbocycles. The highest BCUT2D eigenvalue weighted by Gasteiger charge is 2.16. The smallest absolute Gasteiger partial charge is 0.356 e. The Morgan fingerprint density at radius 1 is 1.03 bits per heavy atom. The van der Waals surface area contributed by atoms with Gasteiger partial charge in [-0.1, -0.05) is 6.07 Å². The van der Waals surface area contributed by atoms with E-state index in [1.54, 1.807) is 32.4 Å². The summed E-state index contributed by atoms with van der Waals surface area (Å²) in [6.45, 7) is 4.18.